The van der Waals surface area contributed by atoms with E-state index < -0.39 is 15.6 Å². The van der Waals surface area contributed by atoms with Crippen molar-refractivity contribution in [2.24, 2.45) is 0 Å². The van der Waals surface area contributed by atoms with Crippen LogP contribution >= 0.6 is 10.9 Å². The summed E-state index contributed by atoms with van der Waals surface area (Å²) in [6.45, 7) is 3.65. The standard InChI is InChI=1S/C9H14O3S/c1-9(2,8(11)12-3)13-5-4-7(10)6-13/h4-6,10,13H,1-3H3. The summed E-state index contributed by atoms with van der Waals surface area (Å²) < 4.78 is 4.14. The number of ether oxygens (including phenoxy) is 1. The summed E-state index contributed by atoms with van der Waals surface area (Å²) >= 11 is 0. The summed E-state index contributed by atoms with van der Waals surface area (Å²) in [4.78, 5) is 11.4. The molecule has 1 atom stereocenters. The molecule has 0 amide bonds. The highest BCUT2D eigenvalue weighted by atomic mass is 32.2. The largest absolute Gasteiger partial charge is 0.507 e. The number of carbonyl (C=O) groups excluding carboxylic acids is 1. The normalized spacial score (nSPS) is 24.2. The third-order valence-corrected chi connectivity index (χ3v) is 4.49. The number of aliphatic hydroxyl groups excluding tert-OH is 1. The van der Waals surface area contributed by atoms with E-state index in [-0.39, 0.29) is 11.7 Å². The quantitative estimate of drug-likeness (QED) is 0.531. The molecule has 1 heterocycles. The maximum atomic E-state index is 11.4. The fourth-order valence-corrected chi connectivity index (χ4v) is 2.86. The number of hydrogen-bond acceptors (Lipinski definition) is 3. The highest BCUT2D eigenvalue weighted by Gasteiger charge is 2.34. The molecule has 1 rings (SSSR count). The predicted molar refractivity (Wildman–Crippen MR) is 54.9 cm³/mol. The summed E-state index contributed by atoms with van der Waals surface area (Å²) in [7, 11) is 0.638. The van der Waals surface area contributed by atoms with Crippen LogP contribution in [0.4, 0.5) is 0 Å². The van der Waals surface area contributed by atoms with Gasteiger partial charge in [0, 0.05) is 0 Å². The van der Waals surface area contributed by atoms with Crippen LogP contribution < -0.4 is 0 Å². The number of hydrogen-bond donors (Lipinski definition) is 2. The molecule has 13 heavy (non-hydrogen) atoms. The van der Waals surface area contributed by atoms with Gasteiger partial charge in [-0.25, -0.2) is 0 Å². The molecule has 4 heteroatoms. The van der Waals surface area contributed by atoms with Gasteiger partial charge in [0.05, 0.1) is 11.9 Å². The predicted octanol–water partition coefficient (Wildman–Crippen LogP) is 1.87. The zero-order chi connectivity index (χ0) is 10.1. The number of thiol groups is 1. The third kappa shape index (κ3) is 1.88. The Balaban J connectivity index is 2.83. The van der Waals surface area contributed by atoms with Crippen molar-refractivity contribution in [3.05, 3.63) is 22.7 Å². The average Bonchev–Trinajstić information content (AvgIpc) is 2.50. The summed E-state index contributed by atoms with van der Waals surface area (Å²) in [5.41, 5.74) is 0. The highest BCUT2D eigenvalue weighted by molar-refractivity contribution is 8.24. The van der Waals surface area contributed by atoms with Gasteiger partial charge in [-0.1, -0.05) is 0 Å². The summed E-state index contributed by atoms with van der Waals surface area (Å²) in [6.07, 6.45) is 1.62. The molecule has 1 aliphatic heterocycles. The SMILES string of the molecule is COC(=O)C(C)(C)[SH]1C=CC(O)=C1. The summed E-state index contributed by atoms with van der Waals surface area (Å²) in [5, 5.41) is 12.7. The van der Waals surface area contributed by atoms with Crippen LogP contribution in [-0.4, -0.2) is 22.9 Å². The van der Waals surface area contributed by atoms with E-state index >= 15 is 0 Å². The van der Waals surface area contributed by atoms with Crippen LogP contribution in [0.15, 0.2) is 22.7 Å². The number of methoxy groups -OCH3 is 1. The summed E-state index contributed by atoms with van der Waals surface area (Å²) in [5.74, 6) is -0.00250. The second-order valence-electron chi connectivity index (χ2n) is 3.33. The Bertz CT molecular complexity index is 279. The van der Waals surface area contributed by atoms with Crippen LogP contribution in [0.25, 0.3) is 0 Å². The van der Waals surface area contributed by atoms with Gasteiger partial charge in [-0.15, -0.1) is 0 Å². The Morgan fingerprint density at radius 2 is 2.23 bits per heavy atom. The molecule has 0 spiro atoms. The molecule has 0 aliphatic carbocycles. The van der Waals surface area contributed by atoms with Crippen molar-refractivity contribution >= 4 is 16.9 Å². The minimum Gasteiger partial charge on any atom is -0.507 e. The van der Waals surface area contributed by atoms with Gasteiger partial charge >= 0.3 is 5.97 Å². The van der Waals surface area contributed by atoms with Crippen LogP contribution in [0.1, 0.15) is 13.8 Å². The molecular formula is C9H14O3S. The minimum atomic E-state index is -0.740. The van der Waals surface area contributed by atoms with E-state index in [1.807, 2.05) is 19.3 Å². The number of carbonyl (C=O) groups is 1. The van der Waals surface area contributed by atoms with Crippen molar-refractivity contribution in [2.45, 2.75) is 18.6 Å². The van der Waals surface area contributed by atoms with Crippen LogP contribution in [0.3, 0.4) is 0 Å². The van der Waals surface area contributed by atoms with Crippen LogP contribution in [0.5, 0.6) is 0 Å². The summed E-state index contributed by atoms with van der Waals surface area (Å²) in [6, 6.07) is 0. The Morgan fingerprint density at radius 3 is 2.62 bits per heavy atom. The highest BCUT2D eigenvalue weighted by Crippen LogP contribution is 2.47. The first kappa shape index (κ1) is 10.2. The molecule has 0 bridgehead atoms. The van der Waals surface area contributed by atoms with E-state index in [0.717, 1.165) is 0 Å². The molecule has 0 radical (unpaired) electrons. The molecule has 1 aliphatic rings. The fraction of sp³-hybridized carbons (Fsp3) is 0.444. The maximum absolute atomic E-state index is 11.4. The second kappa shape index (κ2) is 3.46. The average molecular weight is 202 g/mol. The van der Waals surface area contributed by atoms with Gasteiger partial charge in [-0.05, 0) is 30.7 Å². The first-order valence-corrected chi connectivity index (χ1v) is 5.42. The number of allylic oxidation sites excluding steroid dienone is 1. The van der Waals surface area contributed by atoms with Crippen molar-refractivity contribution in [3.8, 4) is 0 Å². The van der Waals surface area contributed by atoms with E-state index in [0.29, 0.717) is 0 Å². The third-order valence-electron chi connectivity index (χ3n) is 2.01. The number of rotatable bonds is 2. The van der Waals surface area contributed by atoms with Crippen LogP contribution in [0, 0.1) is 0 Å². The molecule has 0 aromatic carbocycles. The van der Waals surface area contributed by atoms with Crippen molar-refractivity contribution in [3.63, 3.8) is 0 Å². The first-order valence-electron chi connectivity index (χ1n) is 3.94. The molecule has 1 N–H and O–H groups in total. The molecule has 0 aromatic heterocycles. The molecular weight excluding hydrogens is 188 g/mol. The Morgan fingerprint density at radius 1 is 1.62 bits per heavy atom. The molecule has 74 valence electrons. The van der Waals surface area contributed by atoms with Gasteiger partial charge in [0.2, 0.25) is 0 Å². The van der Waals surface area contributed by atoms with E-state index in [2.05, 4.69) is 0 Å². The van der Waals surface area contributed by atoms with Gasteiger partial charge in [0.25, 0.3) is 0 Å². The van der Waals surface area contributed by atoms with E-state index in [4.69, 9.17) is 9.84 Å². The van der Waals surface area contributed by atoms with Crippen molar-refractivity contribution < 1.29 is 14.6 Å². The van der Waals surface area contributed by atoms with E-state index in [9.17, 15) is 4.79 Å². The van der Waals surface area contributed by atoms with Crippen LogP contribution in [-0.2, 0) is 9.53 Å². The lowest BCUT2D eigenvalue weighted by molar-refractivity contribution is -0.142. The molecule has 0 aromatic rings. The van der Waals surface area contributed by atoms with Gasteiger partial charge in [-0.3, -0.25) is 4.79 Å². The Kier molecular flexibility index (Phi) is 2.71. The first-order chi connectivity index (χ1) is 5.98. The van der Waals surface area contributed by atoms with Gasteiger partial charge in [0.15, 0.2) is 0 Å². The zero-order valence-electron chi connectivity index (χ0n) is 7.94. The number of esters is 1. The molecule has 1 unspecified atom stereocenters. The maximum Gasteiger partial charge on any atom is 0.320 e. The molecule has 0 saturated carbocycles. The fourth-order valence-electron chi connectivity index (χ4n) is 1.09. The van der Waals surface area contributed by atoms with Gasteiger partial charge < -0.3 is 9.84 Å². The number of aliphatic hydroxyl groups is 1. The Labute approximate surface area is 80.4 Å². The monoisotopic (exact) mass is 202 g/mol. The lowest BCUT2D eigenvalue weighted by Gasteiger charge is -2.28. The topological polar surface area (TPSA) is 46.5 Å². The van der Waals surface area contributed by atoms with E-state index in [1.165, 1.54) is 7.11 Å². The second-order valence-corrected chi connectivity index (χ2v) is 5.82. The lowest BCUT2D eigenvalue weighted by Crippen LogP contribution is -2.31. The molecule has 3 nitrogen and oxygen atoms in total. The minimum absolute atomic E-state index is 0.239. The van der Waals surface area contributed by atoms with Crippen molar-refractivity contribution in [2.75, 3.05) is 7.11 Å². The van der Waals surface area contributed by atoms with Gasteiger partial charge in [-0.2, -0.15) is 10.9 Å². The van der Waals surface area contributed by atoms with Crippen LogP contribution in [0.2, 0.25) is 0 Å². The smallest absolute Gasteiger partial charge is 0.320 e. The molecule has 0 fully saturated rings. The van der Waals surface area contributed by atoms with Crippen molar-refractivity contribution in [1.82, 2.24) is 0 Å². The lowest BCUT2D eigenvalue weighted by atomic mass is 10.2. The van der Waals surface area contributed by atoms with Gasteiger partial charge in [0.1, 0.15) is 5.76 Å². The zero-order valence-corrected chi connectivity index (χ0v) is 8.84. The Hall–Kier alpha value is -0.900. The molecule has 0 saturated heterocycles. The van der Waals surface area contributed by atoms with E-state index in [1.54, 1.807) is 11.5 Å². The van der Waals surface area contributed by atoms with Crippen molar-refractivity contribution in [1.29, 1.82) is 0 Å².